The number of carbonyl (C=O) groups excluding carboxylic acids is 1. The van der Waals surface area contributed by atoms with Crippen LogP contribution in [0.15, 0.2) is 45.3 Å². The summed E-state index contributed by atoms with van der Waals surface area (Å²) in [6.07, 6.45) is 0. The Morgan fingerprint density at radius 3 is 2.26 bits per heavy atom. The summed E-state index contributed by atoms with van der Waals surface area (Å²) >= 11 is 6.32. The minimum atomic E-state index is -0.461. The minimum absolute atomic E-state index is 0.262. The summed E-state index contributed by atoms with van der Waals surface area (Å²) in [5.41, 5.74) is 0.568. The van der Waals surface area contributed by atoms with Crippen molar-refractivity contribution >= 4 is 43.5 Å². The third-order valence-electron chi connectivity index (χ3n) is 2.35. The molecule has 0 bridgehead atoms. The van der Waals surface area contributed by atoms with Crippen molar-refractivity contribution < 1.29 is 13.6 Å². The Labute approximate surface area is 125 Å². The van der Waals surface area contributed by atoms with Crippen molar-refractivity contribution in [3.8, 4) is 0 Å². The molecule has 0 fully saturated rings. The number of hydrogen-bond acceptors (Lipinski definition) is 1. The van der Waals surface area contributed by atoms with E-state index >= 15 is 0 Å². The molecule has 0 saturated carbocycles. The van der Waals surface area contributed by atoms with Gasteiger partial charge < -0.3 is 5.32 Å². The average Bonchev–Trinajstić information content (AvgIpc) is 2.33. The molecule has 0 unspecified atom stereocenters. The maximum absolute atomic E-state index is 13.1. The van der Waals surface area contributed by atoms with Gasteiger partial charge in [0, 0.05) is 8.95 Å². The second-order valence-corrected chi connectivity index (χ2v) is 5.41. The zero-order chi connectivity index (χ0) is 14.0. The highest BCUT2D eigenvalue weighted by Crippen LogP contribution is 2.25. The van der Waals surface area contributed by atoms with Crippen molar-refractivity contribution in [3.63, 3.8) is 0 Å². The van der Waals surface area contributed by atoms with E-state index in [-0.39, 0.29) is 5.56 Å². The van der Waals surface area contributed by atoms with Crippen LogP contribution >= 0.6 is 31.9 Å². The third-order valence-corrected chi connectivity index (χ3v) is 3.70. The molecule has 2 nitrogen and oxygen atoms in total. The summed E-state index contributed by atoms with van der Waals surface area (Å²) in [5.74, 6) is -1.37. The molecule has 0 atom stereocenters. The van der Waals surface area contributed by atoms with Gasteiger partial charge in [0.05, 0.1) is 11.3 Å². The van der Waals surface area contributed by atoms with Crippen LogP contribution in [0, 0.1) is 11.6 Å². The average molecular weight is 391 g/mol. The van der Waals surface area contributed by atoms with Gasteiger partial charge in [0.25, 0.3) is 5.91 Å². The Balaban J connectivity index is 2.28. The SMILES string of the molecule is O=C(Nc1cc(F)ccc1Br)c1ccc(F)cc1Br. The first-order valence-corrected chi connectivity index (χ1v) is 6.77. The first-order valence-electron chi connectivity index (χ1n) is 5.19. The number of anilines is 1. The fourth-order valence-electron chi connectivity index (χ4n) is 1.46. The molecule has 98 valence electrons. The second kappa shape index (κ2) is 5.79. The van der Waals surface area contributed by atoms with Gasteiger partial charge in [-0.05, 0) is 68.3 Å². The van der Waals surface area contributed by atoms with Crippen molar-refractivity contribution in [1.29, 1.82) is 0 Å². The molecule has 0 aliphatic heterocycles. The van der Waals surface area contributed by atoms with Gasteiger partial charge in [-0.25, -0.2) is 8.78 Å². The standard InChI is InChI=1S/C13H7Br2F2NO/c14-10-4-2-8(17)6-12(10)18-13(19)9-3-1-7(16)5-11(9)15/h1-6H,(H,18,19). The van der Waals surface area contributed by atoms with E-state index in [2.05, 4.69) is 37.2 Å². The highest BCUT2D eigenvalue weighted by atomic mass is 79.9. The van der Waals surface area contributed by atoms with Crippen LogP contribution in [0.25, 0.3) is 0 Å². The molecule has 19 heavy (non-hydrogen) atoms. The number of carbonyl (C=O) groups is 1. The molecule has 0 radical (unpaired) electrons. The van der Waals surface area contributed by atoms with Crippen LogP contribution in [0.5, 0.6) is 0 Å². The van der Waals surface area contributed by atoms with Gasteiger partial charge in [0.2, 0.25) is 0 Å². The highest BCUT2D eigenvalue weighted by molar-refractivity contribution is 9.11. The van der Waals surface area contributed by atoms with Crippen molar-refractivity contribution in [1.82, 2.24) is 0 Å². The maximum atomic E-state index is 13.1. The van der Waals surface area contributed by atoms with Crippen LogP contribution in [0.2, 0.25) is 0 Å². The first kappa shape index (κ1) is 14.1. The number of amides is 1. The molecule has 1 N–H and O–H groups in total. The van der Waals surface area contributed by atoms with E-state index in [4.69, 9.17) is 0 Å². The molecule has 6 heteroatoms. The minimum Gasteiger partial charge on any atom is -0.321 e. The Kier molecular flexibility index (Phi) is 4.31. The molecule has 2 aromatic carbocycles. The van der Waals surface area contributed by atoms with Gasteiger partial charge in [0.15, 0.2) is 0 Å². The normalized spacial score (nSPS) is 10.3. The van der Waals surface area contributed by atoms with E-state index in [0.29, 0.717) is 14.6 Å². The summed E-state index contributed by atoms with van der Waals surface area (Å²) in [5, 5.41) is 2.55. The fourth-order valence-corrected chi connectivity index (χ4v) is 2.33. The zero-order valence-electron chi connectivity index (χ0n) is 9.38. The van der Waals surface area contributed by atoms with E-state index in [1.54, 1.807) is 0 Å². The molecule has 0 aromatic heterocycles. The Hall–Kier alpha value is -1.27. The fraction of sp³-hybridized carbons (Fsp3) is 0. The molecule has 0 heterocycles. The molecule has 0 saturated heterocycles. The van der Waals surface area contributed by atoms with Crippen molar-refractivity contribution in [2.24, 2.45) is 0 Å². The molecule has 1 amide bonds. The van der Waals surface area contributed by atoms with E-state index < -0.39 is 17.5 Å². The Morgan fingerprint density at radius 1 is 0.947 bits per heavy atom. The molecular formula is C13H7Br2F2NO. The lowest BCUT2D eigenvalue weighted by Crippen LogP contribution is -2.13. The van der Waals surface area contributed by atoms with E-state index in [1.807, 2.05) is 0 Å². The monoisotopic (exact) mass is 389 g/mol. The topological polar surface area (TPSA) is 29.1 Å². The highest BCUT2D eigenvalue weighted by Gasteiger charge is 2.12. The quantitative estimate of drug-likeness (QED) is 0.788. The summed E-state index contributed by atoms with van der Waals surface area (Å²) in [6, 6.07) is 7.68. The molecule has 0 aliphatic carbocycles. The first-order chi connectivity index (χ1) is 8.97. The lowest BCUT2D eigenvalue weighted by Gasteiger charge is -2.09. The van der Waals surface area contributed by atoms with Crippen LogP contribution in [0.4, 0.5) is 14.5 Å². The van der Waals surface area contributed by atoms with Crippen LogP contribution in [0.3, 0.4) is 0 Å². The number of halogens is 4. The number of benzene rings is 2. The molecule has 2 rings (SSSR count). The van der Waals surface area contributed by atoms with Crippen molar-refractivity contribution in [3.05, 3.63) is 62.5 Å². The molecule has 2 aromatic rings. The predicted molar refractivity (Wildman–Crippen MR) is 76.2 cm³/mol. The van der Waals surface area contributed by atoms with Gasteiger partial charge in [0.1, 0.15) is 11.6 Å². The number of nitrogens with one attached hydrogen (secondary N) is 1. The largest absolute Gasteiger partial charge is 0.321 e. The summed E-state index contributed by atoms with van der Waals surface area (Å²) < 4.78 is 26.9. The number of hydrogen-bond donors (Lipinski definition) is 1. The van der Waals surface area contributed by atoms with Crippen LogP contribution < -0.4 is 5.32 Å². The second-order valence-electron chi connectivity index (χ2n) is 3.70. The van der Waals surface area contributed by atoms with Gasteiger partial charge in [-0.3, -0.25) is 4.79 Å². The summed E-state index contributed by atoms with van der Waals surface area (Å²) in [4.78, 5) is 12.0. The lowest BCUT2D eigenvalue weighted by molar-refractivity contribution is 0.102. The predicted octanol–water partition coefficient (Wildman–Crippen LogP) is 4.74. The van der Waals surface area contributed by atoms with E-state index in [1.165, 1.54) is 36.4 Å². The van der Waals surface area contributed by atoms with Crippen molar-refractivity contribution in [2.75, 3.05) is 5.32 Å². The maximum Gasteiger partial charge on any atom is 0.256 e. The Bertz CT molecular complexity index is 647. The van der Waals surface area contributed by atoms with E-state index in [9.17, 15) is 13.6 Å². The molecule has 0 spiro atoms. The third kappa shape index (κ3) is 3.39. The molecule has 0 aliphatic rings. The number of rotatable bonds is 2. The zero-order valence-corrected chi connectivity index (χ0v) is 12.6. The molecular weight excluding hydrogens is 384 g/mol. The van der Waals surface area contributed by atoms with E-state index in [0.717, 1.165) is 0 Å². The van der Waals surface area contributed by atoms with Gasteiger partial charge in [-0.15, -0.1) is 0 Å². The summed E-state index contributed by atoms with van der Waals surface area (Å²) in [7, 11) is 0. The van der Waals surface area contributed by atoms with Gasteiger partial charge >= 0.3 is 0 Å². The van der Waals surface area contributed by atoms with Gasteiger partial charge in [-0.1, -0.05) is 0 Å². The smallest absolute Gasteiger partial charge is 0.256 e. The summed E-state index contributed by atoms with van der Waals surface area (Å²) in [6.45, 7) is 0. The lowest BCUT2D eigenvalue weighted by atomic mass is 10.2. The Morgan fingerprint density at radius 2 is 1.58 bits per heavy atom. The van der Waals surface area contributed by atoms with Gasteiger partial charge in [-0.2, -0.15) is 0 Å². The van der Waals surface area contributed by atoms with Crippen LogP contribution in [-0.4, -0.2) is 5.91 Å². The van der Waals surface area contributed by atoms with Crippen LogP contribution in [0.1, 0.15) is 10.4 Å². The van der Waals surface area contributed by atoms with Crippen LogP contribution in [-0.2, 0) is 0 Å². The van der Waals surface area contributed by atoms with Crippen molar-refractivity contribution in [2.45, 2.75) is 0 Å².